The molecule has 143 heavy (non-hydrogen) atoms. The van der Waals surface area contributed by atoms with Crippen LogP contribution >= 0.6 is 0 Å². The van der Waals surface area contributed by atoms with Gasteiger partial charge in [-0.2, -0.15) is 0 Å². The Morgan fingerprint density at radius 2 is 0.413 bits per heavy atom. The van der Waals surface area contributed by atoms with Gasteiger partial charge in [0.2, 0.25) is 0 Å². The van der Waals surface area contributed by atoms with Gasteiger partial charge in [0.05, 0.1) is 55.5 Å². The average molecular weight is 1850 g/mol. The standard InChI is InChI=1S/C136H125BN6/c1-130(2,3)90-58-48-84(49-59-90)89-72-105(85-50-60-91(61-51-85)131(4,5)6)128(106(73-89)86-52-62-92(63-53-86)132(7,8)9)142-123-78-99(140-117-46-34-30-42-103(117)111-80-119-109(82-121(111)140)101-40-28-32-44-115(101)138(119)97-36-24-22-25-37-97)68-70-113(123)137-114-71-69-100(141-118-47-35-31-43-104(118)112-81-120-110(83-122(112)141)102-41-29-33-45-116(102)139(120)98-38-26-23-27-39-98)79-124(114)143(126-77-96(136(19,20)21)76-125(142)127(126)137)129-107(87-54-64-93(65-55-87)133(10,11)12)74-95(135(16,17)18)75-108(129)88-56-66-94(67-57-88)134(13,14)15/h22-83H,1-21H3. The second-order valence-electron chi connectivity index (χ2n) is 47.8. The number of aromatic nitrogens is 4. The lowest BCUT2D eigenvalue weighted by atomic mass is 9.33. The van der Waals surface area contributed by atoms with Crippen LogP contribution < -0.4 is 26.2 Å². The van der Waals surface area contributed by atoms with Crippen molar-refractivity contribution >= 4 is 144 Å². The summed E-state index contributed by atoms with van der Waals surface area (Å²) >= 11 is 0. The summed E-state index contributed by atoms with van der Waals surface area (Å²) in [6.45, 7) is 49.2. The zero-order valence-electron chi connectivity index (χ0n) is 86.6. The third-order valence-electron chi connectivity index (χ3n) is 31.2. The van der Waals surface area contributed by atoms with E-state index in [1.807, 2.05) is 0 Å². The van der Waals surface area contributed by atoms with Crippen LogP contribution in [0.25, 0.3) is 166 Å². The van der Waals surface area contributed by atoms with Gasteiger partial charge in [0.15, 0.2) is 0 Å². The van der Waals surface area contributed by atoms with Crippen molar-refractivity contribution in [2.45, 2.75) is 183 Å². The SMILES string of the molecule is CC(C)(C)c1ccc(-c2cc(-c3ccc(C(C)(C)C)cc3)c(N3c4cc(-n5c6ccccc6c6cc7c(cc65)c5ccccc5n7-c5ccccc5)ccc4B4c5ccc(-n6c7ccccc7c7cc8c(cc76)c6ccccc6n8-c6ccccc6)cc5N(c5c(-c6ccc(C(C)(C)C)cc6)cc(C(C)(C)C)cc5-c5ccc(C(C)(C)C)cc5)c5cc(C(C)(C)C)cc3c54)c(-c3ccc(C(C)(C)C)cc3)c2)cc1. The summed E-state index contributed by atoms with van der Waals surface area (Å²) < 4.78 is 10.1. The number of fused-ring (bicyclic) bond motifs is 16. The van der Waals surface area contributed by atoms with E-state index in [1.54, 1.807) is 0 Å². The lowest BCUT2D eigenvalue weighted by Gasteiger charge is -2.46. The van der Waals surface area contributed by atoms with Crippen LogP contribution in [0.3, 0.4) is 0 Å². The summed E-state index contributed by atoms with van der Waals surface area (Å²) in [6.07, 6.45) is 0. The average Bonchev–Trinajstić information content (AvgIpc) is 1.22. The number of anilines is 6. The van der Waals surface area contributed by atoms with Gasteiger partial charge < -0.3 is 28.1 Å². The summed E-state index contributed by atoms with van der Waals surface area (Å²) in [4.78, 5) is 5.62. The van der Waals surface area contributed by atoms with Crippen molar-refractivity contribution in [3.05, 3.63) is 415 Å². The fourth-order valence-corrected chi connectivity index (χ4v) is 23.3. The number of hydrogen-bond donors (Lipinski definition) is 0. The van der Waals surface area contributed by atoms with Crippen molar-refractivity contribution in [1.29, 1.82) is 0 Å². The van der Waals surface area contributed by atoms with Crippen LogP contribution in [0.4, 0.5) is 34.1 Å². The number of nitrogens with zero attached hydrogens (tertiary/aromatic N) is 6. The molecule has 24 rings (SSSR count). The highest BCUT2D eigenvalue weighted by Crippen LogP contribution is 2.58. The van der Waals surface area contributed by atoms with E-state index in [0.717, 1.165) is 135 Å². The first-order chi connectivity index (χ1) is 68.3. The molecule has 0 unspecified atom stereocenters. The van der Waals surface area contributed by atoms with E-state index in [2.05, 4.69) is 550 Å². The van der Waals surface area contributed by atoms with Crippen molar-refractivity contribution < 1.29 is 0 Å². The predicted molar refractivity (Wildman–Crippen MR) is 616 cm³/mol. The van der Waals surface area contributed by atoms with E-state index in [4.69, 9.17) is 0 Å². The van der Waals surface area contributed by atoms with Crippen LogP contribution in [0.5, 0.6) is 0 Å². The topological polar surface area (TPSA) is 26.2 Å². The number of benzene rings is 18. The lowest BCUT2D eigenvalue weighted by molar-refractivity contribution is 0.589. The van der Waals surface area contributed by atoms with Crippen LogP contribution in [-0.2, 0) is 37.9 Å². The molecule has 0 amide bonds. The Morgan fingerprint density at radius 3 is 0.692 bits per heavy atom. The van der Waals surface area contributed by atoms with E-state index in [9.17, 15) is 0 Å². The smallest absolute Gasteiger partial charge is 0.252 e. The highest BCUT2D eigenvalue weighted by atomic mass is 15.2. The minimum absolute atomic E-state index is 0.0600. The van der Waals surface area contributed by atoms with E-state index in [-0.39, 0.29) is 39.2 Å². The van der Waals surface area contributed by atoms with Crippen LogP contribution in [-0.4, -0.2) is 25.0 Å². The predicted octanol–water partition coefficient (Wildman–Crippen LogP) is 35.6. The minimum atomic E-state index is -0.438. The van der Waals surface area contributed by atoms with Crippen LogP contribution in [0, 0.1) is 0 Å². The second kappa shape index (κ2) is 32.7. The summed E-state index contributed by atoms with van der Waals surface area (Å²) in [5.74, 6) is 0. The molecule has 0 saturated carbocycles. The molecule has 2 aliphatic heterocycles. The Labute approximate surface area is 843 Å². The third-order valence-corrected chi connectivity index (χ3v) is 31.2. The van der Waals surface area contributed by atoms with Crippen molar-refractivity contribution in [2.75, 3.05) is 9.80 Å². The highest BCUT2D eigenvalue weighted by molar-refractivity contribution is 7.00. The molecule has 6 nitrogen and oxygen atoms in total. The molecule has 4 aromatic heterocycles. The van der Waals surface area contributed by atoms with E-state index >= 15 is 0 Å². The lowest BCUT2D eigenvalue weighted by Crippen LogP contribution is -2.61. The Hall–Kier alpha value is -15.2. The molecule has 2 aliphatic rings. The normalized spacial score (nSPS) is 13.3. The molecule has 0 aliphatic carbocycles. The van der Waals surface area contributed by atoms with Crippen molar-refractivity contribution in [3.8, 4) is 78.4 Å². The number of para-hydroxylation sites is 6. The van der Waals surface area contributed by atoms with Gasteiger partial charge in [-0.25, -0.2) is 0 Å². The number of hydrogen-bond acceptors (Lipinski definition) is 2. The molecule has 0 atom stereocenters. The maximum atomic E-state index is 2.81. The highest BCUT2D eigenvalue weighted by Gasteiger charge is 2.47. The van der Waals surface area contributed by atoms with Gasteiger partial charge in [-0.05, 0) is 260 Å². The monoisotopic (exact) mass is 1850 g/mol. The largest absolute Gasteiger partial charge is 0.310 e. The molecule has 0 bridgehead atoms. The molecular formula is C136H125BN6. The van der Waals surface area contributed by atoms with E-state index in [1.165, 1.54) is 120 Å². The molecule has 702 valence electrons. The first kappa shape index (κ1) is 90.4. The molecule has 18 aromatic carbocycles. The molecule has 0 saturated heterocycles. The fourth-order valence-electron chi connectivity index (χ4n) is 23.3. The Kier molecular flexibility index (Phi) is 20.7. The zero-order valence-corrected chi connectivity index (χ0v) is 86.6. The van der Waals surface area contributed by atoms with Gasteiger partial charge in [-0.3, -0.25) is 0 Å². The van der Waals surface area contributed by atoms with E-state index in [0.29, 0.717) is 0 Å². The first-order valence-electron chi connectivity index (χ1n) is 51.4. The Balaban J connectivity index is 0.876. The molecule has 22 aromatic rings. The zero-order chi connectivity index (χ0) is 98.9. The van der Waals surface area contributed by atoms with E-state index < -0.39 is 5.41 Å². The van der Waals surface area contributed by atoms with Gasteiger partial charge in [0.25, 0.3) is 6.71 Å². The molecule has 0 spiro atoms. The van der Waals surface area contributed by atoms with Crippen molar-refractivity contribution in [2.24, 2.45) is 0 Å². The molecule has 7 heteroatoms. The van der Waals surface area contributed by atoms with Crippen molar-refractivity contribution in [3.63, 3.8) is 0 Å². The van der Waals surface area contributed by atoms with Gasteiger partial charge >= 0.3 is 0 Å². The van der Waals surface area contributed by atoms with Crippen molar-refractivity contribution in [1.82, 2.24) is 18.3 Å². The maximum Gasteiger partial charge on any atom is 0.252 e. The quantitative estimate of drug-likeness (QED) is 0.121. The summed E-state index contributed by atoms with van der Waals surface area (Å²) in [5, 5.41) is 9.58. The molecule has 0 radical (unpaired) electrons. The van der Waals surface area contributed by atoms with Crippen LogP contribution in [0.1, 0.15) is 184 Å². The molecular weight excluding hydrogens is 1730 g/mol. The number of rotatable bonds is 11. The summed E-state index contributed by atoms with van der Waals surface area (Å²) in [6, 6.07) is 147. The second-order valence-corrected chi connectivity index (χ2v) is 47.8. The Morgan fingerprint density at radius 1 is 0.168 bits per heavy atom. The summed E-state index contributed by atoms with van der Waals surface area (Å²) in [7, 11) is 0. The van der Waals surface area contributed by atoms with Gasteiger partial charge in [-0.15, -0.1) is 0 Å². The van der Waals surface area contributed by atoms with Crippen LogP contribution in [0.2, 0.25) is 0 Å². The molecule has 0 fully saturated rings. The molecule has 0 N–H and O–H groups in total. The van der Waals surface area contributed by atoms with Crippen LogP contribution in [0.15, 0.2) is 376 Å². The minimum Gasteiger partial charge on any atom is -0.310 e. The summed E-state index contributed by atoms with van der Waals surface area (Å²) in [5.41, 5.74) is 43.0. The fraction of sp³-hybridized carbons (Fsp3) is 0.206. The van der Waals surface area contributed by atoms with Gasteiger partial charge in [-0.1, -0.05) is 388 Å². The van der Waals surface area contributed by atoms with Gasteiger partial charge in [0, 0.05) is 111 Å². The molecule has 6 heterocycles. The van der Waals surface area contributed by atoms with Gasteiger partial charge in [0.1, 0.15) is 0 Å². The third kappa shape index (κ3) is 15.0. The maximum absolute atomic E-state index is 2.81. The Bertz CT molecular complexity index is 8760. The first-order valence-corrected chi connectivity index (χ1v) is 51.4.